The molecule has 29 heavy (non-hydrogen) atoms. The van der Waals surface area contributed by atoms with Crippen molar-refractivity contribution in [2.24, 2.45) is 5.73 Å². The second-order valence-corrected chi connectivity index (χ2v) is 8.67. The molecule has 4 rings (SSSR count). The van der Waals surface area contributed by atoms with Gasteiger partial charge in [0.1, 0.15) is 5.00 Å². The summed E-state index contributed by atoms with van der Waals surface area (Å²) in [4.78, 5) is 41.2. The van der Waals surface area contributed by atoms with Crippen molar-refractivity contribution in [1.29, 1.82) is 0 Å². The monoisotopic (exact) mass is 417 g/mol. The van der Waals surface area contributed by atoms with E-state index in [9.17, 15) is 14.4 Å². The maximum Gasteiger partial charge on any atom is 0.289 e. The molecule has 1 fully saturated rings. The summed E-state index contributed by atoms with van der Waals surface area (Å²) in [5, 5.41) is 3.51. The number of hydrogen-bond acceptors (Lipinski definition) is 5. The molecule has 2 aliphatic rings. The van der Waals surface area contributed by atoms with E-state index in [1.807, 2.05) is 6.92 Å². The first kappa shape index (κ1) is 19.7. The Morgan fingerprint density at radius 3 is 2.69 bits per heavy atom. The maximum atomic E-state index is 12.8. The number of fused-ring (bicyclic) bond motifs is 1. The minimum atomic E-state index is -0.482. The van der Waals surface area contributed by atoms with E-state index < -0.39 is 5.91 Å². The summed E-state index contributed by atoms with van der Waals surface area (Å²) < 4.78 is 5.18. The number of primary amides is 1. The smallest absolute Gasteiger partial charge is 0.289 e. The highest BCUT2D eigenvalue weighted by molar-refractivity contribution is 7.17. The molecule has 0 saturated carbocycles. The van der Waals surface area contributed by atoms with E-state index in [2.05, 4.69) is 5.32 Å². The van der Waals surface area contributed by atoms with Gasteiger partial charge in [0.15, 0.2) is 11.8 Å². The van der Waals surface area contributed by atoms with Crippen LogP contribution in [0.1, 0.15) is 44.7 Å². The number of piperazine rings is 1. The lowest BCUT2D eigenvalue weighted by atomic mass is 10.1. The fourth-order valence-electron chi connectivity index (χ4n) is 4.14. The summed E-state index contributed by atoms with van der Waals surface area (Å²) in [7, 11) is 0. The van der Waals surface area contributed by atoms with Crippen LogP contribution >= 0.6 is 11.3 Å². The van der Waals surface area contributed by atoms with Crippen LogP contribution in [-0.2, 0) is 17.6 Å². The summed E-state index contributed by atoms with van der Waals surface area (Å²) in [6.07, 6.45) is 4.29. The summed E-state index contributed by atoms with van der Waals surface area (Å²) in [5.74, 6) is -0.396. The number of aryl methyl sites for hydroxylation is 1. The standard InChI is InChI=1S/C20H24N4O4S/c1-12(23-7-9-24(10-8-23)20(27)14-5-3-11-28-14)18(26)22-19-16(17(21)25)13-4-2-6-15(13)29-19/h3,5,11-12H,2,4,6-10H2,1H3,(H2,21,25)(H,22,26)/p+1/t12-/m1/s1. The molecule has 8 nitrogen and oxygen atoms in total. The molecule has 0 unspecified atom stereocenters. The number of hydrogen-bond donors (Lipinski definition) is 3. The second kappa shape index (κ2) is 8.00. The molecular formula is C20H25N4O4S+. The highest BCUT2D eigenvalue weighted by Crippen LogP contribution is 2.38. The van der Waals surface area contributed by atoms with Crippen LogP contribution in [0.5, 0.6) is 0 Å². The van der Waals surface area contributed by atoms with Crippen molar-refractivity contribution in [3.63, 3.8) is 0 Å². The van der Waals surface area contributed by atoms with Crippen molar-refractivity contribution in [3.8, 4) is 0 Å². The number of carbonyl (C=O) groups excluding carboxylic acids is 3. The fraction of sp³-hybridized carbons (Fsp3) is 0.450. The SMILES string of the molecule is C[C@H](C(=O)Nc1sc2c(c1C(N)=O)CCC2)[NH+]1CCN(C(=O)c2ccco2)CC1. The third-order valence-electron chi connectivity index (χ3n) is 5.83. The Kier molecular flexibility index (Phi) is 5.42. The van der Waals surface area contributed by atoms with Crippen molar-refractivity contribution >= 4 is 34.1 Å². The van der Waals surface area contributed by atoms with Crippen molar-refractivity contribution < 1.29 is 23.7 Å². The first-order chi connectivity index (χ1) is 14.0. The average Bonchev–Trinajstić information content (AvgIpc) is 3.44. The van der Waals surface area contributed by atoms with E-state index in [0.29, 0.717) is 42.5 Å². The molecule has 1 aliphatic heterocycles. The van der Waals surface area contributed by atoms with Crippen LogP contribution in [0.25, 0.3) is 0 Å². The number of nitrogens with zero attached hydrogens (tertiary/aromatic N) is 1. The fourth-order valence-corrected chi connectivity index (χ4v) is 5.44. The minimum Gasteiger partial charge on any atom is -0.459 e. The van der Waals surface area contributed by atoms with Crippen LogP contribution in [0.3, 0.4) is 0 Å². The molecule has 0 bridgehead atoms. The normalized spacial score (nSPS) is 17.8. The van der Waals surface area contributed by atoms with E-state index >= 15 is 0 Å². The zero-order chi connectivity index (χ0) is 20.5. The molecule has 1 saturated heterocycles. The zero-order valence-corrected chi connectivity index (χ0v) is 17.1. The Morgan fingerprint density at radius 2 is 2.03 bits per heavy atom. The summed E-state index contributed by atoms with van der Waals surface area (Å²) in [6, 6.07) is 3.06. The molecular weight excluding hydrogens is 392 g/mol. The Bertz CT molecular complexity index is 929. The van der Waals surface area contributed by atoms with Crippen LogP contribution in [-0.4, -0.2) is 54.8 Å². The van der Waals surface area contributed by atoms with Crippen LogP contribution < -0.4 is 16.0 Å². The Hall–Kier alpha value is -2.65. The highest BCUT2D eigenvalue weighted by Gasteiger charge is 2.33. The third-order valence-corrected chi connectivity index (χ3v) is 7.04. The average molecular weight is 418 g/mol. The number of rotatable bonds is 5. The van der Waals surface area contributed by atoms with Crippen molar-refractivity contribution in [2.75, 3.05) is 31.5 Å². The highest BCUT2D eigenvalue weighted by atomic mass is 32.1. The van der Waals surface area contributed by atoms with Crippen LogP contribution in [0, 0.1) is 0 Å². The van der Waals surface area contributed by atoms with Crippen LogP contribution in [0.4, 0.5) is 5.00 Å². The number of nitrogens with one attached hydrogen (secondary N) is 2. The number of thiophene rings is 1. The molecule has 1 aliphatic carbocycles. The van der Waals surface area contributed by atoms with Crippen molar-refractivity contribution in [3.05, 3.63) is 40.2 Å². The van der Waals surface area contributed by atoms with E-state index in [4.69, 9.17) is 10.2 Å². The van der Waals surface area contributed by atoms with Gasteiger partial charge in [-0.1, -0.05) is 0 Å². The van der Waals surface area contributed by atoms with Gasteiger partial charge in [-0.15, -0.1) is 11.3 Å². The van der Waals surface area contributed by atoms with Gasteiger partial charge in [-0.3, -0.25) is 14.4 Å². The molecule has 0 radical (unpaired) electrons. The van der Waals surface area contributed by atoms with Crippen LogP contribution in [0.2, 0.25) is 0 Å². The van der Waals surface area contributed by atoms with Gasteiger partial charge in [-0.2, -0.15) is 0 Å². The van der Waals surface area contributed by atoms with Crippen molar-refractivity contribution in [2.45, 2.75) is 32.2 Å². The van der Waals surface area contributed by atoms with Gasteiger partial charge in [0.25, 0.3) is 17.7 Å². The number of quaternary nitrogens is 1. The van der Waals surface area contributed by atoms with Crippen LogP contribution in [0.15, 0.2) is 22.8 Å². The molecule has 0 spiro atoms. The Morgan fingerprint density at radius 1 is 1.28 bits per heavy atom. The van der Waals surface area contributed by atoms with E-state index in [1.165, 1.54) is 17.6 Å². The van der Waals surface area contributed by atoms with Gasteiger partial charge in [-0.05, 0) is 43.9 Å². The molecule has 9 heteroatoms. The second-order valence-electron chi connectivity index (χ2n) is 7.56. The first-order valence-electron chi connectivity index (χ1n) is 9.88. The molecule has 2 aromatic heterocycles. The largest absolute Gasteiger partial charge is 0.459 e. The molecule has 4 N–H and O–H groups in total. The molecule has 3 heterocycles. The molecule has 1 atom stereocenters. The Labute approximate surface area is 172 Å². The van der Waals surface area contributed by atoms with Gasteiger partial charge in [-0.25, -0.2) is 0 Å². The number of carbonyl (C=O) groups is 3. The minimum absolute atomic E-state index is 0.120. The zero-order valence-electron chi connectivity index (χ0n) is 16.3. The summed E-state index contributed by atoms with van der Waals surface area (Å²) in [6.45, 7) is 4.34. The van der Waals surface area contributed by atoms with Gasteiger partial charge >= 0.3 is 0 Å². The summed E-state index contributed by atoms with van der Waals surface area (Å²) in [5.41, 5.74) is 7.06. The predicted molar refractivity (Wildman–Crippen MR) is 108 cm³/mol. The number of amides is 3. The topological polar surface area (TPSA) is 110 Å². The molecule has 2 aromatic rings. The third kappa shape index (κ3) is 3.79. The van der Waals surface area contributed by atoms with Crippen molar-refractivity contribution in [1.82, 2.24) is 4.90 Å². The lowest BCUT2D eigenvalue weighted by Crippen LogP contribution is -3.19. The van der Waals surface area contributed by atoms with Gasteiger partial charge in [0, 0.05) is 4.88 Å². The predicted octanol–water partition coefficient (Wildman–Crippen LogP) is 0.297. The molecule has 154 valence electrons. The maximum absolute atomic E-state index is 12.8. The van der Waals surface area contributed by atoms with Gasteiger partial charge in [0.05, 0.1) is 38.0 Å². The van der Waals surface area contributed by atoms with E-state index in [0.717, 1.165) is 34.6 Å². The lowest BCUT2D eigenvalue weighted by Gasteiger charge is -2.34. The van der Waals surface area contributed by atoms with E-state index in [1.54, 1.807) is 17.0 Å². The van der Waals surface area contributed by atoms with E-state index in [-0.39, 0.29) is 17.9 Å². The Balaban J connectivity index is 1.37. The van der Waals surface area contributed by atoms with Gasteiger partial charge < -0.3 is 25.3 Å². The number of furan rings is 1. The quantitative estimate of drug-likeness (QED) is 0.650. The number of nitrogens with two attached hydrogens (primary N) is 1. The lowest BCUT2D eigenvalue weighted by molar-refractivity contribution is -0.917. The molecule has 3 amide bonds. The summed E-state index contributed by atoms with van der Waals surface area (Å²) >= 11 is 1.47. The number of anilines is 1. The molecule has 0 aromatic carbocycles. The first-order valence-corrected chi connectivity index (χ1v) is 10.7. The van der Waals surface area contributed by atoms with Gasteiger partial charge in [0.2, 0.25) is 0 Å².